The summed E-state index contributed by atoms with van der Waals surface area (Å²) in [6.07, 6.45) is -0.926. The number of rotatable bonds is 8. The molecule has 2 aliphatic rings. The van der Waals surface area contributed by atoms with Gasteiger partial charge in [0.25, 0.3) is 5.91 Å². The zero-order chi connectivity index (χ0) is 29.8. The van der Waals surface area contributed by atoms with Gasteiger partial charge in [0.15, 0.2) is 0 Å². The first-order chi connectivity index (χ1) is 20.2. The Morgan fingerprint density at radius 2 is 1.79 bits per heavy atom. The van der Waals surface area contributed by atoms with Crippen molar-refractivity contribution < 1.29 is 28.7 Å². The molecule has 3 aromatic carbocycles. The molecule has 2 unspecified atom stereocenters. The number of esters is 1. The summed E-state index contributed by atoms with van der Waals surface area (Å²) in [4.78, 5) is 55.2. The van der Waals surface area contributed by atoms with Crippen LogP contribution >= 0.6 is 0 Å². The molecule has 5 rings (SSSR count). The number of anilines is 1. The number of fused-ring (bicyclic) bond motifs is 1. The average molecular weight is 572 g/mol. The van der Waals surface area contributed by atoms with Gasteiger partial charge in [0.1, 0.15) is 18.0 Å². The van der Waals surface area contributed by atoms with Crippen molar-refractivity contribution in [3.63, 3.8) is 0 Å². The molecule has 11 heteroatoms. The Labute approximate surface area is 243 Å². The van der Waals surface area contributed by atoms with Crippen molar-refractivity contribution in [2.75, 3.05) is 44.2 Å². The number of ether oxygens (including phenoxy) is 2. The number of benzene rings is 3. The second-order valence-electron chi connectivity index (χ2n) is 10.3. The van der Waals surface area contributed by atoms with Crippen molar-refractivity contribution in [1.29, 1.82) is 5.41 Å². The number of carbonyl (C=O) groups excluding carboxylic acids is 4. The van der Waals surface area contributed by atoms with Gasteiger partial charge in [0.2, 0.25) is 5.91 Å². The first-order valence-corrected chi connectivity index (χ1v) is 13.9. The minimum atomic E-state index is -0.643. The Kier molecular flexibility index (Phi) is 8.48. The highest BCUT2D eigenvalue weighted by Gasteiger charge is 2.37. The zero-order valence-corrected chi connectivity index (χ0v) is 23.5. The van der Waals surface area contributed by atoms with E-state index in [1.54, 1.807) is 44.2 Å². The van der Waals surface area contributed by atoms with Gasteiger partial charge in [0.05, 0.1) is 19.7 Å². The van der Waals surface area contributed by atoms with E-state index in [1.165, 1.54) is 9.80 Å². The summed E-state index contributed by atoms with van der Waals surface area (Å²) < 4.78 is 10.6. The molecule has 0 radical (unpaired) electrons. The largest absolute Gasteiger partial charge is 0.464 e. The van der Waals surface area contributed by atoms with E-state index >= 15 is 0 Å². The fraction of sp³-hybridized carbons (Fsp3) is 0.323. The van der Waals surface area contributed by atoms with Crippen molar-refractivity contribution >= 4 is 46.2 Å². The molecular formula is C31H33N5O6. The topological polar surface area (TPSA) is 132 Å². The average Bonchev–Trinajstić information content (AvgIpc) is 3.36. The normalized spacial score (nSPS) is 18.1. The van der Waals surface area contributed by atoms with Crippen LogP contribution in [0.2, 0.25) is 0 Å². The van der Waals surface area contributed by atoms with Crippen LogP contribution in [0.15, 0.2) is 66.7 Å². The van der Waals surface area contributed by atoms with E-state index in [0.717, 1.165) is 10.8 Å². The summed E-state index contributed by atoms with van der Waals surface area (Å²) >= 11 is 0. The second-order valence-corrected chi connectivity index (χ2v) is 10.3. The molecule has 0 bridgehead atoms. The molecule has 0 aliphatic carbocycles. The SMILES string of the molecule is CCOC(=O)C(C)N1CCN(CC2CN(c3ccc(C(=N)NC(=O)c4cccc5ccccc45)cc3)C(=O)O2)CC1=O. The maximum atomic E-state index is 12.9. The Morgan fingerprint density at radius 3 is 2.52 bits per heavy atom. The van der Waals surface area contributed by atoms with Crippen LogP contribution in [0.1, 0.15) is 29.8 Å². The Balaban J connectivity index is 1.15. The third-order valence-electron chi connectivity index (χ3n) is 7.51. The number of nitrogens with one attached hydrogen (secondary N) is 2. The van der Waals surface area contributed by atoms with Crippen LogP contribution < -0.4 is 10.2 Å². The summed E-state index contributed by atoms with van der Waals surface area (Å²) in [6.45, 7) is 5.39. The monoisotopic (exact) mass is 571 g/mol. The number of nitrogens with zero attached hydrogens (tertiary/aromatic N) is 3. The summed E-state index contributed by atoms with van der Waals surface area (Å²) in [6, 6.07) is 19.1. The number of piperazine rings is 1. The van der Waals surface area contributed by atoms with Gasteiger partial charge in [-0.1, -0.05) is 36.4 Å². The molecule has 2 heterocycles. The van der Waals surface area contributed by atoms with Crippen LogP contribution in [0.25, 0.3) is 10.8 Å². The molecule has 2 atom stereocenters. The highest BCUT2D eigenvalue weighted by atomic mass is 16.6. The summed E-state index contributed by atoms with van der Waals surface area (Å²) in [5.74, 6) is -1.02. The van der Waals surface area contributed by atoms with Gasteiger partial charge in [-0.2, -0.15) is 0 Å². The van der Waals surface area contributed by atoms with Crippen LogP contribution in [0, 0.1) is 5.41 Å². The fourth-order valence-electron chi connectivity index (χ4n) is 5.29. The molecule has 42 heavy (non-hydrogen) atoms. The number of hydrogen-bond acceptors (Lipinski definition) is 8. The van der Waals surface area contributed by atoms with Crippen LogP contribution in [0.4, 0.5) is 10.5 Å². The van der Waals surface area contributed by atoms with Crippen LogP contribution in [-0.2, 0) is 19.1 Å². The van der Waals surface area contributed by atoms with Crippen LogP contribution in [-0.4, -0.2) is 91.0 Å². The van der Waals surface area contributed by atoms with Crippen molar-refractivity contribution in [2.45, 2.75) is 26.0 Å². The molecular weight excluding hydrogens is 538 g/mol. The third-order valence-corrected chi connectivity index (χ3v) is 7.51. The molecule has 0 spiro atoms. The van der Waals surface area contributed by atoms with Crippen molar-refractivity contribution in [3.8, 4) is 0 Å². The Morgan fingerprint density at radius 1 is 1.05 bits per heavy atom. The first-order valence-electron chi connectivity index (χ1n) is 13.9. The van der Waals surface area contributed by atoms with E-state index in [9.17, 15) is 19.2 Å². The summed E-state index contributed by atoms with van der Waals surface area (Å²) in [5, 5.41) is 12.8. The third kappa shape index (κ3) is 6.10. The van der Waals surface area contributed by atoms with Crippen LogP contribution in [0.5, 0.6) is 0 Å². The minimum Gasteiger partial charge on any atom is -0.464 e. The van der Waals surface area contributed by atoms with Crippen molar-refractivity contribution in [2.24, 2.45) is 0 Å². The predicted molar refractivity (Wildman–Crippen MR) is 157 cm³/mol. The van der Waals surface area contributed by atoms with E-state index in [4.69, 9.17) is 14.9 Å². The van der Waals surface area contributed by atoms with Gasteiger partial charge >= 0.3 is 12.1 Å². The molecule has 2 aliphatic heterocycles. The smallest absolute Gasteiger partial charge is 0.414 e. The summed E-state index contributed by atoms with van der Waals surface area (Å²) in [5.41, 5.74) is 1.57. The van der Waals surface area contributed by atoms with E-state index in [2.05, 4.69) is 5.32 Å². The number of amidine groups is 1. The predicted octanol–water partition coefficient (Wildman–Crippen LogP) is 3.02. The number of hydrogen-bond donors (Lipinski definition) is 2. The lowest BCUT2D eigenvalue weighted by Gasteiger charge is -2.37. The van der Waals surface area contributed by atoms with E-state index < -0.39 is 24.2 Å². The first kappa shape index (κ1) is 28.7. The molecule has 0 saturated carbocycles. The molecule has 0 aromatic heterocycles. The number of carbonyl (C=O) groups is 4. The molecule has 11 nitrogen and oxygen atoms in total. The maximum absolute atomic E-state index is 12.9. The van der Waals surface area contributed by atoms with E-state index in [1.807, 2.05) is 41.3 Å². The molecule has 3 aromatic rings. The second kappa shape index (κ2) is 12.4. The molecule has 218 valence electrons. The standard InChI is InChI=1S/C31H33N5O6/c1-3-41-30(39)20(2)35-16-15-34(19-27(35)37)17-24-18-36(31(40)42-24)23-13-11-22(12-14-23)28(32)33-29(38)26-10-6-8-21-7-4-5-9-25(21)26/h4-14,20,24H,3,15-19H2,1-2H3,(H2,32,33,38). The van der Waals surface area contributed by atoms with Gasteiger partial charge in [-0.05, 0) is 55.0 Å². The fourth-order valence-corrected chi connectivity index (χ4v) is 5.29. The molecule has 2 N–H and O–H groups in total. The quantitative estimate of drug-likeness (QED) is 0.241. The number of cyclic esters (lactones) is 1. The minimum absolute atomic E-state index is 0.0533. The van der Waals surface area contributed by atoms with Gasteiger partial charge in [-0.25, -0.2) is 9.59 Å². The van der Waals surface area contributed by atoms with E-state index in [-0.39, 0.29) is 30.8 Å². The maximum Gasteiger partial charge on any atom is 0.414 e. The molecule has 2 saturated heterocycles. The zero-order valence-electron chi connectivity index (χ0n) is 23.5. The molecule has 2 fully saturated rings. The highest BCUT2D eigenvalue weighted by Crippen LogP contribution is 2.24. The Hall–Kier alpha value is -4.77. The Bertz CT molecular complexity index is 1520. The highest BCUT2D eigenvalue weighted by molar-refractivity contribution is 6.16. The van der Waals surface area contributed by atoms with Gasteiger partial charge in [-0.15, -0.1) is 0 Å². The van der Waals surface area contributed by atoms with Gasteiger partial charge in [-0.3, -0.25) is 24.8 Å². The van der Waals surface area contributed by atoms with Crippen molar-refractivity contribution in [3.05, 3.63) is 77.9 Å². The van der Waals surface area contributed by atoms with Gasteiger partial charge in [0, 0.05) is 36.4 Å². The molecule has 3 amide bonds. The number of amides is 3. The van der Waals surface area contributed by atoms with Crippen LogP contribution in [0.3, 0.4) is 0 Å². The lowest BCUT2D eigenvalue weighted by atomic mass is 10.0. The lowest BCUT2D eigenvalue weighted by Crippen LogP contribution is -2.56. The lowest BCUT2D eigenvalue weighted by molar-refractivity contribution is -0.156. The van der Waals surface area contributed by atoms with E-state index in [0.29, 0.717) is 43.0 Å². The summed E-state index contributed by atoms with van der Waals surface area (Å²) in [7, 11) is 0. The van der Waals surface area contributed by atoms with Gasteiger partial charge < -0.3 is 19.7 Å². The van der Waals surface area contributed by atoms with Crippen molar-refractivity contribution in [1.82, 2.24) is 15.1 Å².